The van der Waals surface area contributed by atoms with Gasteiger partial charge in [-0.05, 0) is 30.7 Å². The van der Waals surface area contributed by atoms with E-state index >= 15 is 0 Å². The summed E-state index contributed by atoms with van der Waals surface area (Å²) >= 11 is 1.68. The third-order valence-electron chi connectivity index (χ3n) is 5.63. The SMILES string of the molecule is CC(=O)N[C@H]1C[C@H]2CN(Cc3cccs3)[C@@H](CNC(=O)C3CC3)C(=O)N2C1. The molecule has 3 heterocycles. The zero-order chi connectivity index (χ0) is 19.0. The third kappa shape index (κ3) is 4.16. The van der Waals surface area contributed by atoms with E-state index in [-0.39, 0.29) is 41.8 Å². The van der Waals surface area contributed by atoms with E-state index in [0.29, 0.717) is 19.6 Å². The van der Waals surface area contributed by atoms with Crippen molar-refractivity contribution in [3.05, 3.63) is 22.4 Å². The molecule has 3 amide bonds. The maximum atomic E-state index is 13.2. The molecule has 0 unspecified atom stereocenters. The van der Waals surface area contributed by atoms with Crippen LogP contribution in [-0.2, 0) is 20.9 Å². The van der Waals surface area contributed by atoms with Gasteiger partial charge in [0, 0.05) is 56.0 Å². The Bertz CT molecular complexity index is 719. The second kappa shape index (κ2) is 7.59. The van der Waals surface area contributed by atoms with Crippen LogP contribution in [0.25, 0.3) is 0 Å². The standard InChI is InChI=1S/C19H26N4O3S/c1-12(24)21-14-7-15-10-22(11-16-3-2-6-27-16)17(19(26)23(15)9-14)8-20-18(25)13-4-5-13/h2-3,6,13-15,17H,4-5,7-11H2,1H3,(H,20,25)(H,21,24)/t14-,15-,17-/m0/s1. The predicted octanol–water partition coefficient (Wildman–Crippen LogP) is 0.564. The van der Waals surface area contributed by atoms with Crippen LogP contribution in [0.15, 0.2) is 17.5 Å². The monoisotopic (exact) mass is 390 g/mol. The van der Waals surface area contributed by atoms with Gasteiger partial charge in [-0.3, -0.25) is 19.3 Å². The Labute approximate surface area is 163 Å². The van der Waals surface area contributed by atoms with Crippen LogP contribution in [0.1, 0.15) is 31.1 Å². The summed E-state index contributed by atoms with van der Waals surface area (Å²) in [6.45, 7) is 3.90. The summed E-state index contributed by atoms with van der Waals surface area (Å²) < 4.78 is 0. The highest BCUT2D eigenvalue weighted by molar-refractivity contribution is 7.09. The molecule has 1 aromatic rings. The van der Waals surface area contributed by atoms with Gasteiger partial charge in [-0.2, -0.15) is 0 Å². The maximum Gasteiger partial charge on any atom is 0.242 e. The van der Waals surface area contributed by atoms with Crippen LogP contribution in [0, 0.1) is 5.92 Å². The first-order chi connectivity index (χ1) is 13.0. The summed E-state index contributed by atoms with van der Waals surface area (Å²) in [5.74, 6) is 0.208. The molecular weight excluding hydrogens is 364 g/mol. The summed E-state index contributed by atoms with van der Waals surface area (Å²) in [5, 5.41) is 7.97. The molecule has 27 heavy (non-hydrogen) atoms. The van der Waals surface area contributed by atoms with Crippen molar-refractivity contribution in [3.8, 4) is 0 Å². The molecule has 1 aliphatic carbocycles. The van der Waals surface area contributed by atoms with Crippen molar-refractivity contribution in [1.29, 1.82) is 0 Å². The fourth-order valence-corrected chi connectivity index (χ4v) is 4.91. The largest absolute Gasteiger partial charge is 0.354 e. The van der Waals surface area contributed by atoms with Gasteiger partial charge in [-0.1, -0.05) is 6.07 Å². The maximum absolute atomic E-state index is 13.2. The van der Waals surface area contributed by atoms with Gasteiger partial charge in [0.1, 0.15) is 6.04 Å². The van der Waals surface area contributed by atoms with E-state index in [2.05, 4.69) is 21.6 Å². The molecule has 3 atom stereocenters. The Morgan fingerprint density at radius 1 is 1.30 bits per heavy atom. The van der Waals surface area contributed by atoms with Gasteiger partial charge in [0.15, 0.2) is 0 Å². The molecular formula is C19H26N4O3S. The molecule has 8 heteroatoms. The van der Waals surface area contributed by atoms with E-state index in [4.69, 9.17) is 0 Å². The molecule has 2 N–H and O–H groups in total. The molecule has 146 valence electrons. The summed E-state index contributed by atoms with van der Waals surface area (Å²) in [5.41, 5.74) is 0. The molecule has 0 radical (unpaired) electrons. The van der Waals surface area contributed by atoms with Crippen molar-refractivity contribution in [2.24, 2.45) is 5.92 Å². The van der Waals surface area contributed by atoms with E-state index < -0.39 is 0 Å². The Morgan fingerprint density at radius 2 is 2.11 bits per heavy atom. The summed E-state index contributed by atoms with van der Waals surface area (Å²) in [6, 6.07) is 3.88. The highest BCUT2D eigenvalue weighted by Crippen LogP contribution is 2.30. The average Bonchev–Trinajstić information content (AvgIpc) is 3.20. The van der Waals surface area contributed by atoms with Crippen LogP contribution < -0.4 is 10.6 Å². The molecule has 2 saturated heterocycles. The average molecular weight is 391 g/mol. The van der Waals surface area contributed by atoms with Crippen LogP contribution in [0.2, 0.25) is 0 Å². The predicted molar refractivity (Wildman–Crippen MR) is 102 cm³/mol. The van der Waals surface area contributed by atoms with Gasteiger partial charge < -0.3 is 15.5 Å². The summed E-state index contributed by atoms with van der Waals surface area (Å²) in [6.07, 6.45) is 2.69. The molecule has 0 aromatic carbocycles. The Morgan fingerprint density at radius 3 is 2.78 bits per heavy atom. The highest BCUT2D eigenvalue weighted by atomic mass is 32.1. The molecule has 1 aromatic heterocycles. The molecule has 0 spiro atoms. The number of thiophene rings is 1. The quantitative estimate of drug-likeness (QED) is 0.744. The van der Waals surface area contributed by atoms with Crippen molar-refractivity contribution in [2.75, 3.05) is 19.6 Å². The smallest absolute Gasteiger partial charge is 0.242 e. The highest BCUT2D eigenvalue weighted by Gasteiger charge is 2.45. The minimum absolute atomic E-state index is 0.0137. The van der Waals surface area contributed by atoms with Gasteiger partial charge >= 0.3 is 0 Å². The Kier molecular flexibility index (Phi) is 5.19. The number of fused-ring (bicyclic) bond motifs is 1. The van der Waals surface area contributed by atoms with Gasteiger partial charge in [0.25, 0.3) is 0 Å². The fraction of sp³-hybridized carbons (Fsp3) is 0.632. The molecule has 4 rings (SSSR count). The number of amides is 3. The normalized spacial score (nSPS) is 28.1. The summed E-state index contributed by atoms with van der Waals surface area (Å²) in [7, 11) is 0. The topological polar surface area (TPSA) is 81.8 Å². The van der Waals surface area contributed by atoms with Gasteiger partial charge in [-0.15, -0.1) is 11.3 Å². The Balaban J connectivity index is 1.47. The van der Waals surface area contributed by atoms with Crippen molar-refractivity contribution in [1.82, 2.24) is 20.4 Å². The third-order valence-corrected chi connectivity index (χ3v) is 6.49. The van der Waals surface area contributed by atoms with Crippen molar-refractivity contribution in [3.63, 3.8) is 0 Å². The molecule has 7 nitrogen and oxygen atoms in total. The van der Waals surface area contributed by atoms with Crippen molar-refractivity contribution in [2.45, 2.75) is 50.9 Å². The minimum Gasteiger partial charge on any atom is -0.354 e. The van der Waals surface area contributed by atoms with Crippen molar-refractivity contribution >= 4 is 29.1 Å². The van der Waals surface area contributed by atoms with Gasteiger partial charge in [-0.25, -0.2) is 0 Å². The van der Waals surface area contributed by atoms with Crippen LogP contribution in [0.4, 0.5) is 0 Å². The number of piperazine rings is 1. The Hall–Kier alpha value is -1.93. The van der Waals surface area contributed by atoms with Crippen LogP contribution in [-0.4, -0.2) is 65.3 Å². The van der Waals surface area contributed by atoms with E-state index in [0.717, 1.165) is 25.8 Å². The first kappa shape index (κ1) is 18.4. The fourth-order valence-electron chi connectivity index (χ4n) is 4.18. The molecule has 2 aliphatic heterocycles. The molecule has 1 saturated carbocycles. The first-order valence-electron chi connectivity index (χ1n) is 9.63. The lowest BCUT2D eigenvalue weighted by molar-refractivity contribution is -0.144. The van der Waals surface area contributed by atoms with E-state index in [1.807, 2.05) is 16.3 Å². The lowest BCUT2D eigenvalue weighted by Crippen LogP contribution is -2.62. The number of hydrogen-bond acceptors (Lipinski definition) is 5. The van der Waals surface area contributed by atoms with E-state index in [1.165, 1.54) is 11.8 Å². The number of rotatable bonds is 6. The first-order valence-corrected chi connectivity index (χ1v) is 10.5. The van der Waals surface area contributed by atoms with E-state index in [1.54, 1.807) is 11.3 Å². The van der Waals surface area contributed by atoms with E-state index in [9.17, 15) is 14.4 Å². The summed E-state index contributed by atoms with van der Waals surface area (Å²) in [4.78, 5) is 42.0. The molecule has 3 aliphatic rings. The van der Waals surface area contributed by atoms with Crippen LogP contribution in [0.5, 0.6) is 0 Å². The lowest BCUT2D eigenvalue weighted by atomic mass is 10.0. The zero-order valence-electron chi connectivity index (χ0n) is 15.5. The molecule has 0 bridgehead atoms. The zero-order valence-corrected chi connectivity index (χ0v) is 16.3. The minimum atomic E-state index is -0.345. The lowest BCUT2D eigenvalue weighted by Gasteiger charge is -2.42. The number of hydrogen-bond donors (Lipinski definition) is 2. The number of nitrogens with zero attached hydrogens (tertiary/aromatic N) is 2. The number of carbonyl (C=O) groups excluding carboxylic acids is 3. The van der Waals surface area contributed by atoms with Crippen LogP contribution >= 0.6 is 11.3 Å². The number of nitrogens with one attached hydrogen (secondary N) is 2. The molecule has 3 fully saturated rings. The van der Waals surface area contributed by atoms with Gasteiger partial charge in [0.2, 0.25) is 17.7 Å². The van der Waals surface area contributed by atoms with Gasteiger partial charge in [0.05, 0.1) is 0 Å². The second-order valence-electron chi connectivity index (χ2n) is 7.82. The number of carbonyl (C=O) groups is 3. The van der Waals surface area contributed by atoms with Crippen LogP contribution in [0.3, 0.4) is 0 Å². The van der Waals surface area contributed by atoms with Crippen molar-refractivity contribution < 1.29 is 14.4 Å². The second-order valence-corrected chi connectivity index (χ2v) is 8.85.